The van der Waals surface area contributed by atoms with Crippen LogP contribution in [0.1, 0.15) is 26.3 Å². The van der Waals surface area contributed by atoms with Gasteiger partial charge in [-0.15, -0.1) is 0 Å². The lowest BCUT2D eigenvalue weighted by molar-refractivity contribution is -0.153. The second-order valence-corrected chi connectivity index (χ2v) is 4.51. The maximum atomic E-state index is 12.8. The summed E-state index contributed by atoms with van der Waals surface area (Å²) in [5.41, 5.74) is -0.177. The Hall–Kier alpha value is -1.45. The van der Waals surface area contributed by atoms with E-state index >= 15 is 0 Å². The lowest BCUT2D eigenvalue weighted by atomic mass is 10.1. The highest BCUT2D eigenvalue weighted by atomic mass is 19.2. The van der Waals surface area contributed by atoms with E-state index in [-0.39, 0.29) is 6.42 Å². The van der Waals surface area contributed by atoms with Crippen molar-refractivity contribution in [2.45, 2.75) is 32.8 Å². The van der Waals surface area contributed by atoms with Crippen molar-refractivity contribution in [3.63, 3.8) is 0 Å². The fraction of sp³-hybridized carbons (Fsp3) is 0.417. The summed E-state index contributed by atoms with van der Waals surface area (Å²) in [6.45, 7) is 5.24. The van der Waals surface area contributed by atoms with Crippen molar-refractivity contribution in [1.29, 1.82) is 0 Å². The fourth-order valence-corrected chi connectivity index (χ4v) is 1.19. The Kier molecular flexibility index (Phi) is 3.62. The van der Waals surface area contributed by atoms with E-state index in [2.05, 4.69) is 0 Å². The number of hydrogen-bond donors (Lipinski definition) is 0. The summed E-state index contributed by atoms with van der Waals surface area (Å²) in [7, 11) is 0. The maximum Gasteiger partial charge on any atom is 0.310 e. The third-order valence-corrected chi connectivity index (χ3v) is 1.75. The minimum absolute atomic E-state index is 0.0610. The third-order valence-electron chi connectivity index (χ3n) is 1.75. The molecule has 16 heavy (non-hydrogen) atoms. The number of carbonyl (C=O) groups excluding carboxylic acids is 1. The Balaban J connectivity index is 2.67. The summed E-state index contributed by atoms with van der Waals surface area (Å²) in [6, 6.07) is 3.36. The van der Waals surface area contributed by atoms with Crippen LogP contribution in [-0.2, 0) is 16.0 Å². The van der Waals surface area contributed by atoms with Crippen LogP contribution in [0.5, 0.6) is 0 Å². The molecule has 0 spiro atoms. The summed E-state index contributed by atoms with van der Waals surface area (Å²) >= 11 is 0. The molecule has 0 bridgehead atoms. The lowest BCUT2D eigenvalue weighted by Crippen LogP contribution is -2.24. The van der Waals surface area contributed by atoms with Crippen molar-refractivity contribution in [3.05, 3.63) is 35.4 Å². The molecule has 0 amide bonds. The minimum atomic E-state index is -0.957. The molecule has 0 aliphatic carbocycles. The van der Waals surface area contributed by atoms with Crippen LogP contribution >= 0.6 is 0 Å². The van der Waals surface area contributed by atoms with Gasteiger partial charge < -0.3 is 4.74 Å². The number of esters is 1. The van der Waals surface area contributed by atoms with Crippen LogP contribution in [-0.4, -0.2) is 11.6 Å². The van der Waals surface area contributed by atoms with Crippen LogP contribution in [0.15, 0.2) is 18.2 Å². The molecule has 0 aliphatic heterocycles. The average molecular weight is 228 g/mol. The van der Waals surface area contributed by atoms with Crippen LogP contribution < -0.4 is 0 Å². The van der Waals surface area contributed by atoms with Gasteiger partial charge in [-0.2, -0.15) is 0 Å². The average Bonchev–Trinajstić information content (AvgIpc) is 2.08. The number of ether oxygens (including phenoxy) is 1. The van der Waals surface area contributed by atoms with Gasteiger partial charge in [0.2, 0.25) is 0 Å². The zero-order chi connectivity index (χ0) is 12.3. The molecule has 2 nitrogen and oxygen atoms in total. The first kappa shape index (κ1) is 12.6. The first-order chi connectivity index (χ1) is 7.28. The second kappa shape index (κ2) is 4.60. The van der Waals surface area contributed by atoms with Gasteiger partial charge in [-0.25, -0.2) is 8.78 Å². The van der Waals surface area contributed by atoms with Crippen molar-refractivity contribution in [3.8, 4) is 0 Å². The molecule has 0 aliphatic rings. The summed E-state index contributed by atoms with van der Waals surface area (Å²) in [5, 5.41) is 0. The Morgan fingerprint density at radius 2 is 1.88 bits per heavy atom. The number of carbonyl (C=O) groups is 1. The highest BCUT2D eigenvalue weighted by Crippen LogP contribution is 2.12. The van der Waals surface area contributed by atoms with Gasteiger partial charge in [0.15, 0.2) is 11.6 Å². The van der Waals surface area contributed by atoms with Crippen LogP contribution in [0, 0.1) is 11.6 Å². The van der Waals surface area contributed by atoms with Crippen LogP contribution in [0.25, 0.3) is 0 Å². The minimum Gasteiger partial charge on any atom is -0.460 e. The molecule has 0 unspecified atom stereocenters. The second-order valence-electron chi connectivity index (χ2n) is 4.51. The molecule has 0 fully saturated rings. The molecular formula is C12H14F2O2. The molecule has 0 saturated carbocycles. The summed E-state index contributed by atoms with van der Waals surface area (Å²) < 4.78 is 30.5. The first-order valence-electron chi connectivity index (χ1n) is 4.94. The van der Waals surface area contributed by atoms with Crippen LogP contribution in [0.4, 0.5) is 8.78 Å². The highest BCUT2D eigenvalue weighted by Gasteiger charge is 2.16. The van der Waals surface area contributed by atoms with E-state index in [9.17, 15) is 13.6 Å². The molecule has 1 aromatic carbocycles. The predicted molar refractivity (Wildman–Crippen MR) is 55.9 cm³/mol. The molecule has 0 N–H and O–H groups in total. The molecule has 4 heteroatoms. The van der Waals surface area contributed by atoms with Gasteiger partial charge in [0.1, 0.15) is 5.60 Å². The van der Waals surface area contributed by atoms with Gasteiger partial charge in [-0.05, 0) is 38.5 Å². The molecule has 1 aromatic rings. The van der Waals surface area contributed by atoms with Gasteiger partial charge in [-0.3, -0.25) is 4.79 Å². The molecule has 0 radical (unpaired) electrons. The Bertz CT molecular complexity index is 394. The SMILES string of the molecule is CC(C)(C)OC(=O)Cc1ccc(F)c(F)c1. The van der Waals surface area contributed by atoms with Crippen molar-refractivity contribution >= 4 is 5.97 Å². The topological polar surface area (TPSA) is 26.3 Å². The van der Waals surface area contributed by atoms with Crippen molar-refractivity contribution in [2.24, 2.45) is 0 Å². The molecule has 88 valence electrons. The molecule has 0 heterocycles. The van der Waals surface area contributed by atoms with Gasteiger partial charge in [-0.1, -0.05) is 6.07 Å². The van der Waals surface area contributed by atoms with Crippen LogP contribution in [0.2, 0.25) is 0 Å². The van der Waals surface area contributed by atoms with E-state index in [0.29, 0.717) is 5.56 Å². The maximum absolute atomic E-state index is 12.8. The van der Waals surface area contributed by atoms with Crippen molar-refractivity contribution < 1.29 is 18.3 Å². The standard InChI is InChI=1S/C12H14F2O2/c1-12(2,3)16-11(15)7-8-4-5-9(13)10(14)6-8/h4-6H,7H2,1-3H3. The normalized spacial score (nSPS) is 11.3. The van der Waals surface area contributed by atoms with E-state index in [1.165, 1.54) is 6.07 Å². The molecule has 1 rings (SSSR count). The van der Waals surface area contributed by atoms with E-state index in [4.69, 9.17) is 4.74 Å². The summed E-state index contributed by atoms with van der Waals surface area (Å²) in [5.74, 6) is -2.34. The van der Waals surface area contributed by atoms with E-state index in [1.807, 2.05) is 0 Å². The lowest BCUT2D eigenvalue weighted by Gasteiger charge is -2.19. The molecule has 0 atom stereocenters. The van der Waals surface area contributed by atoms with Gasteiger partial charge in [0.05, 0.1) is 6.42 Å². The molecule has 0 saturated heterocycles. The monoisotopic (exact) mass is 228 g/mol. The highest BCUT2D eigenvalue weighted by molar-refractivity contribution is 5.72. The van der Waals surface area contributed by atoms with Gasteiger partial charge in [0.25, 0.3) is 0 Å². The van der Waals surface area contributed by atoms with E-state index in [1.54, 1.807) is 20.8 Å². The first-order valence-corrected chi connectivity index (χ1v) is 4.94. The number of benzene rings is 1. The summed E-state index contributed by atoms with van der Waals surface area (Å²) in [6.07, 6.45) is -0.0610. The quantitative estimate of drug-likeness (QED) is 0.727. The van der Waals surface area contributed by atoms with E-state index in [0.717, 1.165) is 12.1 Å². The Labute approximate surface area is 93.2 Å². The van der Waals surface area contributed by atoms with Crippen molar-refractivity contribution in [1.82, 2.24) is 0 Å². The smallest absolute Gasteiger partial charge is 0.310 e. The number of rotatable bonds is 2. The zero-order valence-corrected chi connectivity index (χ0v) is 9.51. The third kappa shape index (κ3) is 3.96. The number of hydrogen-bond acceptors (Lipinski definition) is 2. The van der Waals surface area contributed by atoms with Gasteiger partial charge in [0, 0.05) is 0 Å². The largest absolute Gasteiger partial charge is 0.460 e. The van der Waals surface area contributed by atoms with Gasteiger partial charge >= 0.3 is 5.97 Å². The van der Waals surface area contributed by atoms with E-state index < -0.39 is 23.2 Å². The predicted octanol–water partition coefficient (Wildman–Crippen LogP) is 2.85. The Morgan fingerprint density at radius 1 is 1.25 bits per heavy atom. The number of halogens is 2. The molecular weight excluding hydrogens is 214 g/mol. The zero-order valence-electron chi connectivity index (χ0n) is 9.51. The fourth-order valence-electron chi connectivity index (χ4n) is 1.19. The summed E-state index contributed by atoms with van der Waals surface area (Å²) in [4.78, 5) is 11.4. The molecule has 0 aromatic heterocycles. The van der Waals surface area contributed by atoms with Crippen molar-refractivity contribution in [2.75, 3.05) is 0 Å². The van der Waals surface area contributed by atoms with Crippen LogP contribution in [0.3, 0.4) is 0 Å². The Morgan fingerprint density at radius 3 is 2.38 bits per heavy atom.